The van der Waals surface area contributed by atoms with Crippen LogP contribution in [-0.2, 0) is 9.59 Å². The van der Waals surface area contributed by atoms with Crippen molar-refractivity contribution < 1.29 is 14.3 Å². The van der Waals surface area contributed by atoms with E-state index in [0.29, 0.717) is 18.2 Å². The fourth-order valence-corrected chi connectivity index (χ4v) is 2.15. The van der Waals surface area contributed by atoms with Gasteiger partial charge in [-0.05, 0) is 31.2 Å². The van der Waals surface area contributed by atoms with Crippen molar-refractivity contribution in [2.45, 2.75) is 19.4 Å². The van der Waals surface area contributed by atoms with E-state index in [-0.39, 0.29) is 12.3 Å². The fourth-order valence-electron chi connectivity index (χ4n) is 1.77. The molecule has 0 aliphatic rings. The van der Waals surface area contributed by atoms with Gasteiger partial charge in [0, 0.05) is 29.8 Å². The van der Waals surface area contributed by atoms with E-state index >= 15 is 0 Å². The summed E-state index contributed by atoms with van der Waals surface area (Å²) in [6, 6.07) is 8.84. The summed E-state index contributed by atoms with van der Waals surface area (Å²) in [5.74, 6) is 0.199. The zero-order chi connectivity index (χ0) is 18.1. The number of hydrogen-bond donors (Lipinski definition) is 3. The summed E-state index contributed by atoms with van der Waals surface area (Å²) < 4.78 is 6.35. The molecular formula is C16H18BrN5O3. The van der Waals surface area contributed by atoms with Crippen molar-refractivity contribution in [2.75, 3.05) is 11.9 Å². The highest BCUT2D eigenvalue weighted by Crippen LogP contribution is 2.18. The van der Waals surface area contributed by atoms with E-state index in [1.54, 1.807) is 43.6 Å². The average Bonchev–Trinajstić information content (AvgIpc) is 2.60. The van der Waals surface area contributed by atoms with Gasteiger partial charge in [-0.25, -0.2) is 9.97 Å². The van der Waals surface area contributed by atoms with Crippen LogP contribution >= 0.6 is 15.9 Å². The van der Waals surface area contributed by atoms with E-state index in [9.17, 15) is 9.59 Å². The molecule has 0 bridgehead atoms. The monoisotopic (exact) mass is 407 g/mol. The molecule has 132 valence electrons. The quantitative estimate of drug-likeness (QED) is 0.602. The van der Waals surface area contributed by atoms with Crippen LogP contribution in [0.5, 0.6) is 5.75 Å². The zero-order valence-electron chi connectivity index (χ0n) is 13.5. The van der Waals surface area contributed by atoms with Gasteiger partial charge in [-0.1, -0.05) is 22.0 Å². The van der Waals surface area contributed by atoms with Crippen LogP contribution in [-0.4, -0.2) is 34.4 Å². The smallest absolute Gasteiger partial charge is 0.279 e. The summed E-state index contributed by atoms with van der Waals surface area (Å²) in [5, 5.41) is 2.90. The van der Waals surface area contributed by atoms with Crippen molar-refractivity contribution in [3.8, 4) is 5.75 Å². The largest absolute Gasteiger partial charge is 0.481 e. The van der Waals surface area contributed by atoms with Gasteiger partial charge >= 0.3 is 0 Å². The van der Waals surface area contributed by atoms with Gasteiger partial charge in [0.1, 0.15) is 5.75 Å². The van der Waals surface area contributed by atoms with Gasteiger partial charge < -0.3 is 10.1 Å². The summed E-state index contributed by atoms with van der Waals surface area (Å²) in [7, 11) is 0. The molecule has 0 saturated carbocycles. The van der Waals surface area contributed by atoms with E-state index in [1.807, 2.05) is 6.07 Å². The van der Waals surface area contributed by atoms with E-state index in [0.717, 1.165) is 4.47 Å². The van der Waals surface area contributed by atoms with Gasteiger partial charge in [0.05, 0.1) is 0 Å². The van der Waals surface area contributed by atoms with Gasteiger partial charge in [-0.15, -0.1) is 0 Å². The first-order valence-corrected chi connectivity index (χ1v) is 8.35. The number of hydrazine groups is 1. The van der Waals surface area contributed by atoms with Crippen LogP contribution in [0.25, 0.3) is 0 Å². The Labute approximate surface area is 153 Å². The van der Waals surface area contributed by atoms with Gasteiger partial charge in [-0.2, -0.15) is 0 Å². The van der Waals surface area contributed by atoms with Crippen LogP contribution in [0.3, 0.4) is 0 Å². The lowest BCUT2D eigenvalue weighted by molar-refractivity contribution is -0.132. The summed E-state index contributed by atoms with van der Waals surface area (Å²) in [6.07, 6.45) is 2.59. The average molecular weight is 408 g/mol. The molecule has 0 aliphatic carbocycles. The number of nitrogens with one attached hydrogen (secondary N) is 3. The predicted octanol–water partition coefficient (Wildman–Crippen LogP) is 1.66. The van der Waals surface area contributed by atoms with Crippen LogP contribution in [0.4, 0.5) is 5.95 Å². The number of amides is 2. The molecule has 2 rings (SSSR count). The van der Waals surface area contributed by atoms with Crippen molar-refractivity contribution in [3.63, 3.8) is 0 Å². The number of halogens is 1. The van der Waals surface area contributed by atoms with Crippen LogP contribution in [0.15, 0.2) is 47.2 Å². The minimum atomic E-state index is -0.759. The van der Waals surface area contributed by atoms with E-state index < -0.39 is 12.0 Å². The van der Waals surface area contributed by atoms with E-state index in [4.69, 9.17) is 4.74 Å². The Morgan fingerprint density at radius 3 is 2.68 bits per heavy atom. The number of anilines is 1. The fraction of sp³-hybridized carbons (Fsp3) is 0.250. The number of carbonyl (C=O) groups is 2. The summed E-state index contributed by atoms with van der Waals surface area (Å²) in [6.45, 7) is 1.94. The summed E-state index contributed by atoms with van der Waals surface area (Å²) in [5.41, 5.74) is 4.67. The molecule has 9 heteroatoms. The Balaban J connectivity index is 1.67. The van der Waals surface area contributed by atoms with Gasteiger partial charge in [0.25, 0.3) is 5.91 Å². The van der Waals surface area contributed by atoms with Gasteiger partial charge in [0.2, 0.25) is 11.9 Å². The maximum Gasteiger partial charge on any atom is 0.279 e. The Kier molecular flexibility index (Phi) is 7.15. The summed E-state index contributed by atoms with van der Waals surface area (Å²) >= 11 is 3.33. The van der Waals surface area contributed by atoms with E-state index in [2.05, 4.69) is 42.1 Å². The second-order valence-electron chi connectivity index (χ2n) is 5.00. The SMILES string of the molecule is CC(Oc1cccc(Br)c1)C(=O)NNC(=O)CCNc1ncccn1. The molecule has 0 aliphatic heterocycles. The van der Waals surface area contributed by atoms with Crippen molar-refractivity contribution >= 4 is 33.7 Å². The molecule has 0 radical (unpaired) electrons. The second-order valence-corrected chi connectivity index (χ2v) is 5.92. The lowest BCUT2D eigenvalue weighted by atomic mass is 10.3. The number of nitrogens with zero attached hydrogens (tertiary/aromatic N) is 2. The number of aromatic nitrogens is 2. The lowest BCUT2D eigenvalue weighted by Gasteiger charge is -2.15. The molecule has 1 unspecified atom stereocenters. The molecule has 1 heterocycles. The molecule has 1 aromatic heterocycles. The van der Waals surface area contributed by atoms with E-state index in [1.165, 1.54) is 0 Å². The first-order chi connectivity index (χ1) is 12.0. The molecule has 2 amide bonds. The first-order valence-electron chi connectivity index (χ1n) is 7.56. The van der Waals surface area contributed by atoms with Crippen LogP contribution in [0, 0.1) is 0 Å². The Hall–Kier alpha value is -2.68. The molecule has 3 N–H and O–H groups in total. The molecule has 25 heavy (non-hydrogen) atoms. The number of rotatable bonds is 7. The molecular weight excluding hydrogens is 390 g/mol. The first kappa shape index (κ1) is 18.7. The second kappa shape index (κ2) is 9.58. The van der Waals surface area contributed by atoms with Gasteiger partial charge in [-0.3, -0.25) is 20.4 Å². The van der Waals surface area contributed by atoms with Crippen LogP contribution in [0.2, 0.25) is 0 Å². The molecule has 1 aromatic carbocycles. The van der Waals surface area contributed by atoms with Crippen LogP contribution in [0.1, 0.15) is 13.3 Å². The number of hydrogen-bond acceptors (Lipinski definition) is 6. The minimum absolute atomic E-state index is 0.152. The molecule has 1 atom stereocenters. The van der Waals surface area contributed by atoms with Gasteiger partial charge in [0.15, 0.2) is 6.10 Å². The van der Waals surface area contributed by atoms with Crippen molar-refractivity contribution in [3.05, 3.63) is 47.2 Å². The third-order valence-corrected chi connectivity index (χ3v) is 3.50. The lowest BCUT2D eigenvalue weighted by Crippen LogP contribution is -2.47. The number of carbonyl (C=O) groups excluding carboxylic acids is 2. The maximum absolute atomic E-state index is 11.9. The van der Waals surface area contributed by atoms with Crippen LogP contribution < -0.4 is 20.9 Å². The molecule has 8 nitrogen and oxygen atoms in total. The van der Waals surface area contributed by atoms with Crippen molar-refractivity contribution in [1.29, 1.82) is 0 Å². The Morgan fingerprint density at radius 1 is 1.20 bits per heavy atom. The molecule has 0 fully saturated rings. The molecule has 2 aromatic rings. The van der Waals surface area contributed by atoms with Crippen molar-refractivity contribution in [2.24, 2.45) is 0 Å². The predicted molar refractivity (Wildman–Crippen MR) is 95.7 cm³/mol. The zero-order valence-corrected chi connectivity index (χ0v) is 15.1. The standard InChI is InChI=1S/C16H18BrN5O3/c1-11(25-13-5-2-4-12(17)10-13)15(24)22-21-14(23)6-9-20-16-18-7-3-8-19-16/h2-5,7-8,10-11H,6,9H2,1H3,(H,21,23)(H,22,24)(H,18,19,20). The summed E-state index contributed by atoms with van der Waals surface area (Å²) in [4.78, 5) is 31.6. The number of benzene rings is 1. The maximum atomic E-state index is 11.9. The highest BCUT2D eigenvalue weighted by molar-refractivity contribution is 9.10. The molecule has 0 saturated heterocycles. The topological polar surface area (TPSA) is 105 Å². The minimum Gasteiger partial charge on any atom is -0.481 e. The third-order valence-electron chi connectivity index (χ3n) is 3.00. The Bertz CT molecular complexity index is 714. The third kappa shape index (κ3) is 6.76. The Morgan fingerprint density at radius 2 is 1.96 bits per heavy atom. The number of ether oxygens (including phenoxy) is 1. The van der Waals surface area contributed by atoms with Crippen molar-refractivity contribution in [1.82, 2.24) is 20.8 Å². The highest BCUT2D eigenvalue weighted by Gasteiger charge is 2.15. The highest BCUT2D eigenvalue weighted by atomic mass is 79.9. The molecule has 0 spiro atoms. The normalized spacial score (nSPS) is 11.3.